The maximum Gasteiger partial charge on any atom is 0.282 e. The molecule has 0 aliphatic carbocycles. The molecule has 1 saturated heterocycles. The molecule has 1 heterocycles. The fourth-order valence-corrected chi connectivity index (χ4v) is 4.99. The molecule has 2 atom stereocenters. The second-order valence-electron chi connectivity index (χ2n) is 8.32. The van der Waals surface area contributed by atoms with Crippen LogP contribution in [0.15, 0.2) is 12.2 Å². The van der Waals surface area contributed by atoms with Crippen molar-refractivity contribution >= 4 is 23.0 Å². The van der Waals surface area contributed by atoms with Crippen LogP contribution in [0.25, 0.3) is 0 Å². The quantitative estimate of drug-likeness (QED) is 0.134. The number of allylic oxidation sites excluding steroid dienone is 2. The normalized spacial score (nSPS) is 18.1. The first-order valence-electron chi connectivity index (χ1n) is 12.1. The van der Waals surface area contributed by atoms with E-state index in [4.69, 9.17) is 5.11 Å². The lowest BCUT2D eigenvalue weighted by molar-refractivity contribution is -0.138. The monoisotopic (exact) mass is 441 g/mol. The Morgan fingerprint density at radius 2 is 1.47 bits per heavy atom. The predicted molar refractivity (Wildman–Crippen MR) is 125 cm³/mol. The molecule has 2 amide bonds. The van der Waals surface area contributed by atoms with Crippen molar-refractivity contribution in [1.82, 2.24) is 4.90 Å². The summed E-state index contributed by atoms with van der Waals surface area (Å²) in [5, 5.41) is 8.12. The van der Waals surface area contributed by atoms with Crippen molar-refractivity contribution in [2.75, 3.05) is 18.9 Å². The first kappa shape index (κ1) is 27.2. The number of hydrogen-bond donors (Lipinski definition) is 1. The zero-order valence-electron chi connectivity index (χ0n) is 19.0. The highest BCUT2D eigenvalue weighted by molar-refractivity contribution is 7.92. The van der Waals surface area contributed by atoms with E-state index in [1.54, 1.807) is 0 Å². The number of aliphatic hydroxyl groups excluding tert-OH is 1. The lowest BCUT2D eigenvalue weighted by Crippen LogP contribution is -2.37. The average Bonchev–Trinajstić information content (AvgIpc) is 3.01. The Bertz CT molecular complexity index is 498. The molecule has 0 aromatic carbocycles. The molecule has 2 unspecified atom stereocenters. The summed E-state index contributed by atoms with van der Waals surface area (Å²) >= 11 is -1.45. The van der Waals surface area contributed by atoms with Crippen LogP contribution in [0.2, 0.25) is 0 Å². The van der Waals surface area contributed by atoms with Crippen molar-refractivity contribution in [2.24, 2.45) is 0 Å². The van der Waals surface area contributed by atoms with Crippen LogP contribution < -0.4 is 0 Å². The summed E-state index contributed by atoms with van der Waals surface area (Å²) in [5.41, 5.74) is 0. The van der Waals surface area contributed by atoms with Crippen molar-refractivity contribution in [3.8, 4) is 0 Å². The fraction of sp³-hybridized carbons (Fsp3) is 0.833. The molecule has 0 spiro atoms. The number of unbranched alkanes of at least 4 members (excludes halogenated alkanes) is 12. The molecule has 1 N–H and O–H groups in total. The van der Waals surface area contributed by atoms with Crippen LogP contribution in [0.5, 0.6) is 0 Å². The van der Waals surface area contributed by atoms with Gasteiger partial charge < -0.3 is 9.66 Å². The van der Waals surface area contributed by atoms with Crippen LogP contribution in [0.4, 0.5) is 0 Å². The van der Waals surface area contributed by atoms with Gasteiger partial charge in [0, 0.05) is 6.54 Å². The third-order valence-corrected chi connectivity index (χ3v) is 7.29. The largest absolute Gasteiger partial charge is 0.616 e. The molecule has 0 bridgehead atoms. The number of carbonyl (C=O) groups excluding carboxylic acids is 2. The van der Waals surface area contributed by atoms with Crippen molar-refractivity contribution in [2.45, 2.75) is 108 Å². The number of rotatable bonds is 19. The second kappa shape index (κ2) is 17.8. The van der Waals surface area contributed by atoms with Gasteiger partial charge in [0.1, 0.15) is 5.75 Å². The number of hydrogen-bond acceptors (Lipinski definition) is 4. The highest BCUT2D eigenvalue weighted by Crippen LogP contribution is 2.21. The van der Waals surface area contributed by atoms with Gasteiger partial charge in [0.2, 0.25) is 11.2 Å². The zero-order chi connectivity index (χ0) is 22.0. The van der Waals surface area contributed by atoms with Crippen molar-refractivity contribution in [3.63, 3.8) is 0 Å². The minimum atomic E-state index is -1.45. The molecule has 0 aromatic rings. The van der Waals surface area contributed by atoms with Crippen molar-refractivity contribution in [3.05, 3.63) is 12.2 Å². The van der Waals surface area contributed by atoms with E-state index in [1.165, 1.54) is 75.5 Å². The van der Waals surface area contributed by atoms with E-state index in [0.29, 0.717) is 6.54 Å². The maximum absolute atomic E-state index is 12.2. The molecule has 5 nitrogen and oxygen atoms in total. The summed E-state index contributed by atoms with van der Waals surface area (Å²) in [6, 6.07) is 0. The molecule has 1 aliphatic heterocycles. The van der Waals surface area contributed by atoms with Crippen LogP contribution in [0, 0.1) is 0 Å². The maximum atomic E-state index is 12.2. The first-order valence-corrected chi connectivity index (χ1v) is 13.5. The molecular formula is C24H43NO4S. The summed E-state index contributed by atoms with van der Waals surface area (Å²) < 4.78 is 11.9. The van der Waals surface area contributed by atoms with Crippen LogP contribution in [0.1, 0.15) is 103 Å². The highest BCUT2D eigenvalue weighted by atomic mass is 32.2. The summed E-state index contributed by atoms with van der Waals surface area (Å²) in [5.74, 6) is -0.477. The zero-order valence-corrected chi connectivity index (χ0v) is 19.8. The molecule has 30 heavy (non-hydrogen) atoms. The van der Waals surface area contributed by atoms with Gasteiger partial charge in [-0.1, -0.05) is 76.9 Å². The molecule has 0 radical (unpaired) electrons. The predicted octanol–water partition coefficient (Wildman–Crippen LogP) is 4.89. The summed E-state index contributed by atoms with van der Waals surface area (Å²) in [6.45, 7) is 2.47. The van der Waals surface area contributed by atoms with Gasteiger partial charge in [-0.15, -0.1) is 0 Å². The summed E-state index contributed by atoms with van der Waals surface area (Å²) in [6.07, 6.45) is 21.8. The lowest BCUT2D eigenvalue weighted by Gasteiger charge is -2.16. The van der Waals surface area contributed by atoms with Gasteiger partial charge in [-0.3, -0.25) is 14.5 Å². The standard InChI is InChI=1S/C24H43NO4S/c1-2-3-4-5-6-7-8-9-10-11-12-13-14-15-16-17-18-25-23(27)21-22(24(25)28)30(29)20-19-26/h9-10,22,26H,2-8,11-21H2,1H3. The molecule has 1 fully saturated rings. The summed E-state index contributed by atoms with van der Waals surface area (Å²) in [7, 11) is 0. The van der Waals surface area contributed by atoms with E-state index in [1.807, 2.05) is 0 Å². The van der Waals surface area contributed by atoms with Gasteiger partial charge in [0.25, 0.3) is 5.91 Å². The lowest BCUT2D eigenvalue weighted by atomic mass is 10.1. The van der Waals surface area contributed by atoms with Gasteiger partial charge in [-0.2, -0.15) is 0 Å². The minimum Gasteiger partial charge on any atom is -0.616 e. The topological polar surface area (TPSA) is 80.7 Å². The van der Waals surface area contributed by atoms with E-state index in [0.717, 1.165) is 19.3 Å². The minimum absolute atomic E-state index is 0.0256. The number of imide groups is 1. The van der Waals surface area contributed by atoms with Gasteiger partial charge in [-0.05, 0) is 43.3 Å². The molecule has 1 rings (SSSR count). The Morgan fingerprint density at radius 3 is 2.03 bits per heavy atom. The van der Waals surface area contributed by atoms with E-state index in [-0.39, 0.29) is 30.6 Å². The Morgan fingerprint density at radius 1 is 0.933 bits per heavy atom. The fourth-order valence-electron chi connectivity index (χ4n) is 3.84. The van der Waals surface area contributed by atoms with Crippen molar-refractivity contribution in [1.29, 1.82) is 0 Å². The van der Waals surface area contributed by atoms with Gasteiger partial charge in [0.15, 0.2) is 0 Å². The average molecular weight is 442 g/mol. The van der Waals surface area contributed by atoms with Crippen LogP contribution in [-0.2, 0) is 20.8 Å². The molecular weight excluding hydrogens is 398 g/mol. The molecule has 0 saturated carbocycles. The Hall–Kier alpha value is -0.850. The van der Waals surface area contributed by atoms with Crippen LogP contribution in [-0.4, -0.2) is 50.5 Å². The second-order valence-corrected chi connectivity index (χ2v) is 10.1. The molecule has 6 heteroatoms. The van der Waals surface area contributed by atoms with Gasteiger partial charge in [-0.25, -0.2) is 0 Å². The van der Waals surface area contributed by atoms with E-state index >= 15 is 0 Å². The van der Waals surface area contributed by atoms with Gasteiger partial charge >= 0.3 is 0 Å². The molecule has 1 aliphatic rings. The number of likely N-dealkylation sites (tertiary alicyclic amines) is 1. The van der Waals surface area contributed by atoms with Gasteiger partial charge in [0.05, 0.1) is 13.0 Å². The molecule has 0 aromatic heterocycles. The highest BCUT2D eigenvalue weighted by Gasteiger charge is 2.45. The molecule has 174 valence electrons. The third-order valence-electron chi connectivity index (χ3n) is 5.71. The van der Waals surface area contributed by atoms with E-state index in [9.17, 15) is 14.1 Å². The first-order chi connectivity index (χ1) is 14.6. The smallest absolute Gasteiger partial charge is 0.282 e. The van der Waals surface area contributed by atoms with E-state index in [2.05, 4.69) is 19.1 Å². The summed E-state index contributed by atoms with van der Waals surface area (Å²) in [4.78, 5) is 25.5. The van der Waals surface area contributed by atoms with Crippen LogP contribution in [0.3, 0.4) is 0 Å². The van der Waals surface area contributed by atoms with E-state index < -0.39 is 16.4 Å². The Labute approximate surface area is 186 Å². The third kappa shape index (κ3) is 11.5. The van der Waals surface area contributed by atoms with Crippen LogP contribution >= 0.6 is 0 Å². The number of aliphatic hydroxyl groups is 1. The number of amides is 2. The van der Waals surface area contributed by atoms with Crippen molar-refractivity contribution < 1.29 is 19.2 Å². The number of nitrogens with zero attached hydrogens (tertiary/aromatic N) is 1. The SMILES string of the molecule is CCCCCCCCC=CCCCCCCCCN1C(=O)CC([S+]([O-])CCO)C1=O. The Balaban J connectivity index is 1.95. The number of carbonyl (C=O) groups is 2. The Kier molecular flexibility index (Phi) is 16.1.